The van der Waals surface area contributed by atoms with Crippen LogP contribution in [0.1, 0.15) is 37.1 Å². The number of fused-ring (bicyclic) bond motifs is 1. The average Bonchev–Trinajstić information content (AvgIpc) is 2.93. The van der Waals surface area contributed by atoms with Gasteiger partial charge in [-0.1, -0.05) is 44.2 Å². The van der Waals surface area contributed by atoms with Crippen LogP contribution in [-0.2, 0) is 24.3 Å². The normalized spacial score (nSPS) is 12.9. The molecule has 0 radical (unpaired) electrons. The van der Waals surface area contributed by atoms with Gasteiger partial charge < -0.3 is 9.80 Å². The van der Waals surface area contributed by atoms with Crippen LogP contribution in [0.4, 0.5) is 5.82 Å². The molecule has 37 heavy (non-hydrogen) atoms. The van der Waals surface area contributed by atoms with E-state index in [2.05, 4.69) is 45.8 Å². The molecule has 0 spiro atoms. The van der Waals surface area contributed by atoms with Crippen LogP contribution >= 0.6 is 0 Å². The minimum Gasteiger partial charge on any atom is -0.355 e. The first-order valence-corrected chi connectivity index (χ1v) is 12.6. The molecule has 8 nitrogen and oxygen atoms in total. The Bertz CT molecular complexity index is 1380. The quantitative estimate of drug-likeness (QED) is 0.373. The van der Waals surface area contributed by atoms with Crippen molar-refractivity contribution < 1.29 is 4.79 Å². The number of carbonyl (C=O) groups excluding carboxylic acids is 1. The molecule has 0 fully saturated rings. The van der Waals surface area contributed by atoms with Crippen molar-refractivity contribution in [3.63, 3.8) is 0 Å². The van der Waals surface area contributed by atoms with Crippen LogP contribution in [0.15, 0.2) is 67.5 Å². The predicted octanol–water partition coefficient (Wildman–Crippen LogP) is 4.56. The highest BCUT2D eigenvalue weighted by molar-refractivity contribution is 5.77. The molecule has 0 atom stereocenters. The molecule has 4 heterocycles. The molecule has 1 aromatic carbocycles. The van der Waals surface area contributed by atoms with Crippen molar-refractivity contribution in [3.8, 4) is 22.5 Å². The second-order valence-corrected chi connectivity index (χ2v) is 9.89. The zero-order valence-electron chi connectivity index (χ0n) is 21.5. The largest absolute Gasteiger partial charge is 0.355 e. The highest BCUT2D eigenvalue weighted by Crippen LogP contribution is 2.31. The molecule has 0 bridgehead atoms. The number of nitrogens with zero attached hydrogens (tertiary/aromatic N) is 7. The summed E-state index contributed by atoms with van der Waals surface area (Å²) in [5.41, 5.74) is 5.82. The minimum atomic E-state index is 0.184. The fourth-order valence-electron chi connectivity index (χ4n) is 4.63. The zero-order valence-corrected chi connectivity index (χ0v) is 21.5. The average molecular weight is 494 g/mol. The van der Waals surface area contributed by atoms with E-state index in [1.54, 1.807) is 24.8 Å². The second kappa shape index (κ2) is 10.8. The van der Waals surface area contributed by atoms with Crippen LogP contribution in [-0.4, -0.2) is 49.3 Å². The highest BCUT2D eigenvalue weighted by Gasteiger charge is 2.27. The van der Waals surface area contributed by atoms with Crippen LogP contribution < -0.4 is 4.90 Å². The Kier molecular flexibility index (Phi) is 7.16. The molecule has 3 aromatic heterocycles. The molecular weight excluding hydrogens is 462 g/mol. The lowest BCUT2D eigenvalue weighted by Crippen LogP contribution is -2.38. The monoisotopic (exact) mass is 493 g/mol. The van der Waals surface area contributed by atoms with Crippen LogP contribution in [0.5, 0.6) is 0 Å². The van der Waals surface area contributed by atoms with Crippen LogP contribution in [0, 0.1) is 5.92 Å². The van der Waals surface area contributed by atoms with Crippen molar-refractivity contribution in [1.29, 1.82) is 0 Å². The summed E-state index contributed by atoms with van der Waals surface area (Å²) >= 11 is 0. The van der Waals surface area contributed by atoms with Crippen molar-refractivity contribution in [2.75, 3.05) is 18.5 Å². The zero-order chi connectivity index (χ0) is 25.8. The van der Waals surface area contributed by atoms with E-state index < -0.39 is 0 Å². The fourth-order valence-corrected chi connectivity index (χ4v) is 4.63. The van der Waals surface area contributed by atoms with Gasteiger partial charge in [-0.2, -0.15) is 0 Å². The number of benzene rings is 1. The van der Waals surface area contributed by atoms with Crippen molar-refractivity contribution >= 4 is 11.7 Å². The summed E-state index contributed by atoms with van der Waals surface area (Å²) in [5.74, 6) is 1.98. The molecule has 1 aliphatic rings. The first-order chi connectivity index (χ1) is 18.0. The molecule has 0 unspecified atom stereocenters. The number of anilines is 1. The number of hydrogen-bond donors (Lipinski definition) is 0. The minimum absolute atomic E-state index is 0.184. The predicted molar refractivity (Wildman–Crippen MR) is 143 cm³/mol. The second-order valence-electron chi connectivity index (χ2n) is 9.89. The fraction of sp³-hybridized carbons (Fsp3) is 0.310. The third-order valence-electron chi connectivity index (χ3n) is 6.49. The Labute approximate surface area is 217 Å². The van der Waals surface area contributed by atoms with E-state index in [0.29, 0.717) is 44.2 Å². The maximum Gasteiger partial charge on any atom is 0.223 e. The number of amides is 1. The molecule has 4 aromatic rings. The van der Waals surface area contributed by atoms with Gasteiger partial charge in [0.15, 0.2) is 5.82 Å². The summed E-state index contributed by atoms with van der Waals surface area (Å²) in [7, 11) is 2.05. The topological polar surface area (TPSA) is 88.0 Å². The Morgan fingerprint density at radius 2 is 1.70 bits per heavy atom. The van der Waals surface area contributed by atoms with Crippen molar-refractivity contribution in [2.24, 2.45) is 5.92 Å². The third kappa shape index (κ3) is 5.63. The smallest absolute Gasteiger partial charge is 0.223 e. The van der Waals surface area contributed by atoms with E-state index in [4.69, 9.17) is 9.97 Å². The summed E-state index contributed by atoms with van der Waals surface area (Å²) in [5, 5.41) is 0. The van der Waals surface area contributed by atoms with Gasteiger partial charge in [-0.3, -0.25) is 9.78 Å². The lowest BCUT2D eigenvalue weighted by molar-refractivity contribution is -0.132. The molecule has 188 valence electrons. The van der Waals surface area contributed by atoms with Gasteiger partial charge in [-0.05, 0) is 17.5 Å². The molecule has 1 aliphatic heterocycles. The van der Waals surface area contributed by atoms with E-state index in [9.17, 15) is 4.79 Å². The Hall–Kier alpha value is -4.20. The Morgan fingerprint density at radius 3 is 2.46 bits per heavy atom. The summed E-state index contributed by atoms with van der Waals surface area (Å²) in [6, 6.07) is 12.3. The van der Waals surface area contributed by atoms with Crippen LogP contribution in [0.3, 0.4) is 0 Å². The molecule has 0 aliphatic carbocycles. The summed E-state index contributed by atoms with van der Waals surface area (Å²) in [6.45, 7) is 6.04. The van der Waals surface area contributed by atoms with Gasteiger partial charge in [-0.15, -0.1) is 0 Å². The van der Waals surface area contributed by atoms with Gasteiger partial charge in [0.05, 0.1) is 12.2 Å². The highest BCUT2D eigenvalue weighted by atomic mass is 16.2. The van der Waals surface area contributed by atoms with Gasteiger partial charge in [0, 0.05) is 80.0 Å². The van der Waals surface area contributed by atoms with E-state index in [1.807, 2.05) is 36.2 Å². The summed E-state index contributed by atoms with van der Waals surface area (Å²) in [6.07, 6.45) is 9.87. The molecule has 0 saturated heterocycles. The molecule has 1 amide bonds. The number of aromatic nitrogens is 5. The SMILES string of the molecule is CC(C)CC(=O)N1CCc2nc(-c3cncc(-c4cncnc4)c3)nc(N(C)Cc3ccccc3)c2C1. The van der Waals surface area contributed by atoms with Gasteiger partial charge in [0.1, 0.15) is 12.1 Å². The molecular formula is C29H31N7O. The number of pyridine rings is 1. The Morgan fingerprint density at radius 1 is 0.973 bits per heavy atom. The lowest BCUT2D eigenvalue weighted by Gasteiger charge is -2.32. The van der Waals surface area contributed by atoms with Crippen LogP contribution in [0.2, 0.25) is 0 Å². The van der Waals surface area contributed by atoms with Gasteiger partial charge in [0.2, 0.25) is 5.91 Å². The van der Waals surface area contributed by atoms with Gasteiger partial charge in [-0.25, -0.2) is 19.9 Å². The van der Waals surface area contributed by atoms with Gasteiger partial charge >= 0.3 is 0 Å². The Balaban J connectivity index is 1.54. The molecule has 0 saturated carbocycles. The van der Waals surface area contributed by atoms with E-state index >= 15 is 0 Å². The van der Waals surface area contributed by atoms with Crippen molar-refractivity contribution in [1.82, 2.24) is 29.8 Å². The van der Waals surface area contributed by atoms with E-state index in [1.165, 1.54) is 11.9 Å². The maximum atomic E-state index is 12.9. The first kappa shape index (κ1) is 24.5. The number of rotatable bonds is 7. The standard InChI is InChI=1S/C29H31N7O/c1-20(2)11-27(37)36-10-9-26-25(18-36)29(35(3)17-21-7-5-4-6-8-21)34-28(33-26)23-12-22(13-30-14-23)24-15-31-19-32-16-24/h4-8,12-16,19-20H,9-11,17-18H2,1-3H3. The summed E-state index contributed by atoms with van der Waals surface area (Å²) in [4.78, 5) is 39.7. The number of hydrogen-bond acceptors (Lipinski definition) is 7. The molecule has 0 N–H and O–H groups in total. The maximum absolute atomic E-state index is 12.9. The number of carbonyl (C=O) groups is 1. The van der Waals surface area contributed by atoms with Crippen LogP contribution in [0.25, 0.3) is 22.5 Å². The molecule has 5 rings (SSSR count). The van der Waals surface area contributed by atoms with E-state index in [-0.39, 0.29) is 5.91 Å². The first-order valence-electron chi connectivity index (χ1n) is 12.6. The van der Waals surface area contributed by atoms with Crippen molar-refractivity contribution in [2.45, 2.75) is 39.8 Å². The summed E-state index contributed by atoms with van der Waals surface area (Å²) < 4.78 is 0. The third-order valence-corrected chi connectivity index (χ3v) is 6.49. The van der Waals surface area contributed by atoms with Gasteiger partial charge in [0.25, 0.3) is 0 Å². The van der Waals surface area contributed by atoms with Crippen molar-refractivity contribution in [3.05, 3.63) is 84.3 Å². The van der Waals surface area contributed by atoms with E-state index in [0.717, 1.165) is 33.8 Å². The molecule has 8 heteroatoms. The lowest BCUT2D eigenvalue weighted by atomic mass is 10.0.